The number of fused-ring (bicyclic) bond motifs is 3. The van der Waals surface area contributed by atoms with E-state index in [2.05, 4.69) is 9.88 Å². The molecule has 1 saturated carbocycles. The van der Waals surface area contributed by atoms with Crippen LogP contribution in [0.25, 0.3) is 21.8 Å². The van der Waals surface area contributed by atoms with Crippen molar-refractivity contribution >= 4 is 45.0 Å². The molecule has 1 aliphatic carbocycles. The molecule has 2 aromatic carbocycles. The Kier molecular flexibility index (Phi) is 5.42. The molecule has 0 radical (unpaired) electrons. The minimum absolute atomic E-state index is 0.387. The molecule has 3 N–H and O–H groups in total. The first kappa shape index (κ1) is 18.1. The lowest BCUT2D eigenvalue weighted by Gasteiger charge is -2.21. The topological polar surface area (TPSA) is 41.8 Å². The summed E-state index contributed by atoms with van der Waals surface area (Å²) in [6.45, 7) is 1.32. The van der Waals surface area contributed by atoms with Gasteiger partial charge in [0.25, 0.3) is 0 Å². The number of aliphatic hydroxyl groups excluding tert-OH is 1. The van der Waals surface area contributed by atoms with Crippen molar-refractivity contribution in [3.63, 3.8) is 0 Å². The van der Waals surface area contributed by atoms with Gasteiger partial charge in [0.2, 0.25) is 0 Å². The second kappa shape index (κ2) is 7.77. The molecule has 1 heterocycles. The molecule has 1 fully saturated rings. The maximum Gasteiger partial charge on any atom is 0.121 e. The molecule has 0 unspecified atom stereocenters. The van der Waals surface area contributed by atoms with E-state index in [-0.39, 0.29) is 6.10 Å². The highest BCUT2D eigenvalue weighted by atomic mass is 35.5. The van der Waals surface area contributed by atoms with E-state index < -0.39 is 0 Å². The summed E-state index contributed by atoms with van der Waals surface area (Å²) in [7, 11) is 0. The summed E-state index contributed by atoms with van der Waals surface area (Å²) in [6, 6.07) is 12.5. The molecule has 26 heavy (non-hydrogen) atoms. The van der Waals surface area contributed by atoms with Crippen molar-refractivity contribution < 1.29 is 10.4 Å². The summed E-state index contributed by atoms with van der Waals surface area (Å²) >= 11 is 12.4. The number of hydrogen-bond acceptors (Lipinski definition) is 1. The summed E-state index contributed by atoms with van der Waals surface area (Å²) in [5.41, 5.74) is 2.17. The third-order valence-electron chi connectivity index (χ3n) is 5.57. The second-order valence-corrected chi connectivity index (χ2v) is 8.33. The van der Waals surface area contributed by atoms with Gasteiger partial charge in [-0.15, -0.1) is 0 Å². The van der Waals surface area contributed by atoms with Crippen LogP contribution in [0.2, 0.25) is 10.0 Å². The van der Waals surface area contributed by atoms with Crippen LogP contribution < -0.4 is 5.32 Å². The minimum atomic E-state index is -0.387. The Labute approximate surface area is 163 Å². The SMILES string of the molecule is O[C@H](C[NH2+]C1CCCCC1)Cn1c2ccc(Cl)cc2c2cc(Cl)ccc21. The maximum atomic E-state index is 10.7. The van der Waals surface area contributed by atoms with Crippen molar-refractivity contribution in [1.29, 1.82) is 0 Å². The molecule has 138 valence electrons. The predicted octanol–water partition coefficient (Wildman–Crippen LogP) is 4.36. The first-order valence-corrected chi connectivity index (χ1v) is 10.3. The van der Waals surface area contributed by atoms with Gasteiger partial charge in [0.1, 0.15) is 12.6 Å². The Bertz CT molecular complexity index is 856. The van der Waals surface area contributed by atoms with Gasteiger partial charge in [0.05, 0.1) is 12.6 Å². The number of halogens is 2. The molecule has 0 aliphatic heterocycles. The van der Waals surface area contributed by atoms with Crippen LogP contribution in [0.4, 0.5) is 0 Å². The fourth-order valence-corrected chi connectivity index (χ4v) is 4.59. The molecule has 4 rings (SSSR count). The van der Waals surface area contributed by atoms with Crippen molar-refractivity contribution in [3.05, 3.63) is 46.4 Å². The molecule has 0 saturated heterocycles. The third-order valence-corrected chi connectivity index (χ3v) is 6.04. The quantitative estimate of drug-likeness (QED) is 0.666. The van der Waals surface area contributed by atoms with E-state index in [9.17, 15) is 5.11 Å². The highest BCUT2D eigenvalue weighted by Gasteiger charge is 2.19. The molecule has 0 amide bonds. The van der Waals surface area contributed by atoms with Gasteiger partial charge in [0.15, 0.2) is 0 Å². The largest absolute Gasteiger partial charge is 0.385 e. The number of benzene rings is 2. The standard InChI is InChI=1S/C21H24Cl2N2O/c22-14-6-8-20-18(10-14)19-11-15(23)7-9-21(19)25(20)13-17(26)12-24-16-4-2-1-3-5-16/h6-11,16-17,24,26H,1-5,12-13H2/p+1/t17-/m1/s1. The zero-order chi connectivity index (χ0) is 18.1. The van der Waals surface area contributed by atoms with Gasteiger partial charge >= 0.3 is 0 Å². The molecule has 1 aromatic heterocycles. The van der Waals surface area contributed by atoms with Crippen LogP contribution in [0.1, 0.15) is 32.1 Å². The van der Waals surface area contributed by atoms with Crippen LogP contribution in [0.15, 0.2) is 36.4 Å². The second-order valence-electron chi connectivity index (χ2n) is 7.46. The van der Waals surface area contributed by atoms with Gasteiger partial charge in [-0.25, -0.2) is 0 Å². The number of rotatable bonds is 5. The Morgan fingerprint density at radius 3 is 2.12 bits per heavy atom. The molecule has 3 aromatic rings. The van der Waals surface area contributed by atoms with Crippen LogP contribution in [-0.2, 0) is 6.54 Å². The highest BCUT2D eigenvalue weighted by molar-refractivity contribution is 6.33. The fraction of sp³-hybridized carbons (Fsp3) is 0.429. The van der Waals surface area contributed by atoms with Gasteiger partial charge in [-0.05, 0) is 62.1 Å². The highest BCUT2D eigenvalue weighted by Crippen LogP contribution is 2.33. The summed E-state index contributed by atoms with van der Waals surface area (Å²) in [5.74, 6) is 0. The van der Waals surface area contributed by atoms with E-state index in [1.54, 1.807) is 0 Å². The van der Waals surface area contributed by atoms with Crippen LogP contribution in [0, 0.1) is 0 Å². The molecule has 0 bridgehead atoms. The number of nitrogens with two attached hydrogens (primary N) is 1. The van der Waals surface area contributed by atoms with Gasteiger partial charge < -0.3 is 15.0 Å². The van der Waals surface area contributed by atoms with E-state index in [1.807, 2.05) is 36.4 Å². The smallest absolute Gasteiger partial charge is 0.121 e. The molecular weight excluding hydrogens is 367 g/mol. The minimum Gasteiger partial charge on any atom is -0.385 e. The normalized spacial score (nSPS) is 17.2. The maximum absolute atomic E-state index is 10.7. The van der Waals surface area contributed by atoms with Gasteiger partial charge in [-0.3, -0.25) is 0 Å². The first-order valence-electron chi connectivity index (χ1n) is 9.50. The molecule has 1 atom stereocenters. The monoisotopic (exact) mass is 391 g/mol. The van der Waals surface area contributed by atoms with Crippen molar-refractivity contribution in [1.82, 2.24) is 4.57 Å². The molecule has 0 spiro atoms. The van der Waals surface area contributed by atoms with Crippen molar-refractivity contribution in [3.8, 4) is 0 Å². The summed E-state index contributed by atoms with van der Waals surface area (Å²) < 4.78 is 2.19. The van der Waals surface area contributed by atoms with Crippen molar-refractivity contribution in [2.45, 2.75) is 50.8 Å². The average Bonchev–Trinajstić information content (AvgIpc) is 2.93. The van der Waals surface area contributed by atoms with Gasteiger partial charge in [-0.1, -0.05) is 29.6 Å². The lowest BCUT2D eigenvalue weighted by atomic mass is 9.95. The van der Waals surface area contributed by atoms with E-state index in [0.717, 1.165) is 28.4 Å². The average molecular weight is 392 g/mol. The zero-order valence-corrected chi connectivity index (χ0v) is 16.3. The van der Waals surface area contributed by atoms with Crippen LogP contribution in [-0.4, -0.2) is 28.4 Å². The number of aliphatic hydroxyl groups is 1. The Balaban J connectivity index is 1.60. The number of quaternary nitrogens is 1. The van der Waals surface area contributed by atoms with Crippen molar-refractivity contribution in [2.24, 2.45) is 0 Å². The number of aromatic nitrogens is 1. The van der Waals surface area contributed by atoms with E-state index in [0.29, 0.717) is 22.6 Å². The van der Waals surface area contributed by atoms with Crippen LogP contribution in [0.5, 0.6) is 0 Å². The molecule has 5 heteroatoms. The number of hydrogen-bond donors (Lipinski definition) is 2. The molecule has 1 aliphatic rings. The summed E-state index contributed by atoms with van der Waals surface area (Å²) in [6.07, 6.45) is 6.18. The lowest BCUT2D eigenvalue weighted by Crippen LogP contribution is -2.92. The predicted molar refractivity (Wildman–Crippen MR) is 109 cm³/mol. The van der Waals surface area contributed by atoms with Gasteiger partial charge in [-0.2, -0.15) is 0 Å². The Hall–Kier alpha value is -1.26. The van der Waals surface area contributed by atoms with E-state index in [1.165, 1.54) is 32.1 Å². The Morgan fingerprint density at radius 1 is 0.962 bits per heavy atom. The van der Waals surface area contributed by atoms with Gasteiger partial charge in [0, 0.05) is 31.9 Å². The van der Waals surface area contributed by atoms with Crippen molar-refractivity contribution in [2.75, 3.05) is 6.54 Å². The molecular formula is C21H25Cl2N2O+. The zero-order valence-electron chi connectivity index (χ0n) is 14.8. The van der Waals surface area contributed by atoms with E-state index >= 15 is 0 Å². The van der Waals surface area contributed by atoms with Crippen LogP contribution in [0.3, 0.4) is 0 Å². The Morgan fingerprint density at radius 2 is 1.54 bits per heavy atom. The fourth-order valence-electron chi connectivity index (χ4n) is 4.25. The van der Waals surface area contributed by atoms with E-state index in [4.69, 9.17) is 23.2 Å². The number of nitrogens with zero attached hydrogens (tertiary/aromatic N) is 1. The summed E-state index contributed by atoms with van der Waals surface area (Å²) in [5, 5.41) is 16.6. The first-order chi connectivity index (χ1) is 12.6. The lowest BCUT2D eigenvalue weighted by molar-refractivity contribution is -0.697. The summed E-state index contributed by atoms with van der Waals surface area (Å²) in [4.78, 5) is 0. The third kappa shape index (κ3) is 3.72. The van der Waals surface area contributed by atoms with Crippen LogP contribution >= 0.6 is 23.2 Å². The molecule has 3 nitrogen and oxygen atoms in total.